The number of nitrogens with zero attached hydrogens (tertiary/aromatic N) is 3. The van der Waals surface area contributed by atoms with E-state index in [0.717, 1.165) is 0 Å². The zero-order chi connectivity index (χ0) is 18.7. The van der Waals surface area contributed by atoms with Gasteiger partial charge in [0.2, 0.25) is 0 Å². The molecule has 0 aromatic heterocycles. The van der Waals surface area contributed by atoms with Crippen LogP contribution in [0, 0.1) is 0 Å². The molecule has 0 fully saturated rings. The third kappa shape index (κ3) is 5.00. The van der Waals surface area contributed by atoms with Gasteiger partial charge in [0, 0.05) is 36.3 Å². The summed E-state index contributed by atoms with van der Waals surface area (Å²) >= 11 is 0. The van der Waals surface area contributed by atoms with Crippen molar-refractivity contribution in [1.29, 1.82) is 0 Å². The van der Waals surface area contributed by atoms with Crippen LogP contribution in [0.2, 0.25) is 0 Å². The predicted octanol–water partition coefficient (Wildman–Crippen LogP) is 4.75. The summed E-state index contributed by atoms with van der Waals surface area (Å²) in [5.41, 5.74) is 0. The van der Waals surface area contributed by atoms with Gasteiger partial charge >= 0.3 is 8.89 Å². The molecule has 140 valence electrons. The van der Waals surface area contributed by atoms with Crippen LogP contribution >= 0.6 is 0 Å². The molecule has 0 unspecified atom stereocenters. The lowest BCUT2D eigenvalue weighted by Gasteiger charge is -2.55. The molecule has 0 aliphatic carbocycles. The van der Waals surface area contributed by atoms with Crippen LogP contribution < -0.4 is 0 Å². The maximum atomic E-state index is 17.2. The lowest BCUT2D eigenvalue weighted by atomic mass is 10.3. The molecule has 23 heavy (non-hydrogen) atoms. The van der Waals surface area contributed by atoms with E-state index < -0.39 is 8.89 Å². The minimum Gasteiger partial charge on any atom is -0.269 e. The summed E-state index contributed by atoms with van der Waals surface area (Å²) < 4.78 is 23.7. The van der Waals surface area contributed by atoms with E-state index in [0.29, 0.717) is 0 Å². The number of hydrogen-bond acceptors (Lipinski definition) is 3. The Morgan fingerprint density at radius 3 is 0.652 bits per heavy atom. The molecule has 0 spiro atoms. The van der Waals surface area contributed by atoms with Crippen molar-refractivity contribution in [1.82, 2.24) is 13.7 Å². The van der Waals surface area contributed by atoms with Crippen molar-refractivity contribution >= 4 is 8.89 Å². The SMILES string of the molecule is CC(C)N(C(C)C)[Si](F)(N(C(C)C)C(C)C)N(C(C)C)C(C)C. The highest BCUT2D eigenvalue weighted by Crippen LogP contribution is 2.33. The van der Waals surface area contributed by atoms with E-state index in [1.54, 1.807) is 0 Å². The summed E-state index contributed by atoms with van der Waals surface area (Å²) in [5.74, 6) is 0. The van der Waals surface area contributed by atoms with E-state index in [2.05, 4.69) is 96.8 Å². The van der Waals surface area contributed by atoms with Gasteiger partial charge in [0.25, 0.3) is 0 Å². The monoisotopic (exact) mass is 347 g/mol. The maximum Gasteiger partial charge on any atom is 0.490 e. The molecule has 0 radical (unpaired) electrons. The third-order valence-electron chi connectivity index (χ3n) is 4.32. The van der Waals surface area contributed by atoms with Crippen LogP contribution in [0.3, 0.4) is 0 Å². The van der Waals surface area contributed by atoms with Gasteiger partial charge in [0.15, 0.2) is 0 Å². The van der Waals surface area contributed by atoms with Gasteiger partial charge in [-0.25, -0.2) is 0 Å². The minimum atomic E-state index is -3.52. The van der Waals surface area contributed by atoms with E-state index in [1.165, 1.54) is 0 Å². The lowest BCUT2D eigenvalue weighted by Crippen LogP contribution is -2.79. The minimum absolute atomic E-state index is 0.173. The van der Waals surface area contributed by atoms with Gasteiger partial charge < -0.3 is 0 Å². The predicted molar refractivity (Wildman–Crippen MR) is 103 cm³/mol. The Labute approximate surface area is 146 Å². The summed E-state index contributed by atoms with van der Waals surface area (Å²) in [6.45, 7) is 25.5. The standard InChI is InChI=1S/C18H42FN3Si/c1-13(2)20(14(3)4)23(19,21(15(5)6)16(7)8)22(17(9)10)18(11)12/h13-18H,1-12H3. The van der Waals surface area contributed by atoms with Crippen LogP contribution in [0.4, 0.5) is 4.11 Å². The molecule has 0 bridgehead atoms. The fraction of sp³-hybridized carbons (Fsp3) is 1.00. The van der Waals surface area contributed by atoms with Gasteiger partial charge in [-0.3, -0.25) is 17.8 Å². The van der Waals surface area contributed by atoms with Gasteiger partial charge in [0.05, 0.1) is 0 Å². The number of hydrogen-bond donors (Lipinski definition) is 0. The first-order chi connectivity index (χ1) is 10.3. The highest BCUT2D eigenvalue weighted by atomic mass is 28.4. The largest absolute Gasteiger partial charge is 0.490 e. The molecule has 0 aliphatic rings. The van der Waals surface area contributed by atoms with Crippen LogP contribution in [0.1, 0.15) is 83.1 Å². The van der Waals surface area contributed by atoms with Crippen molar-refractivity contribution in [2.45, 2.75) is 119 Å². The lowest BCUT2D eigenvalue weighted by molar-refractivity contribution is 0.0944. The summed E-state index contributed by atoms with van der Waals surface area (Å²) in [5, 5.41) is 0. The Hall–Kier alpha value is 0.0269. The Balaban J connectivity index is 6.45. The van der Waals surface area contributed by atoms with Gasteiger partial charge in [-0.15, -0.1) is 0 Å². The van der Waals surface area contributed by atoms with Crippen LogP contribution in [-0.4, -0.2) is 58.8 Å². The van der Waals surface area contributed by atoms with Gasteiger partial charge in [0.1, 0.15) is 0 Å². The van der Waals surface area contributed by atoms with E-state index in [1.807, 2.05) is 0 Å². The molecule has 0 amide bonds. The maximum absolute atomic E-state index is 17.2. The molecule has 0 saturated heterocycles. The van der Waals surface area contributed by atoms with Crippen molar-refractivity contribution in [3.63, 3.8) is 0 Å². The molecule has 0 N–H and O–H groups in total. The van der Waals surface area contributed by atoms with E-state index in [-0.39, 0.29) is 36.3 Å². The van der Waals surface area contributed by atoms with Crippen molar-refractivity contribution in [2.75, 3.05) is 0 Å². The Kier molecular flexibility index (Phi) is 8.94. The average molecular weight is 348 g/mol. The third-order valence-corrected chi connectivity index (χ3v) is 9.39. The molecule has 0 aromatic carbocycles. The molecule has 0 aliphatic heterocycles. The van der Waals surface area contributed by atoms with Crippen LogP contribution in [0.25, 0.3) is 0 Å². The quantitative estimate of drug-likeness (QED) is 0.440. The fourth-order valence-electron chi connectivity index (χ4n) is 4.16. The smallest absolute Gasteiger partial charge is 0.269 e. The summed E-state index contributed by atoms with van der Waals surface area (Å²) in [6, 6.07) is 1.04. The Morgan fingerprint density at radius 2 is 0.565 bits per heavy atom. The molecule has 0 atom stereocenters. The second-order valence-electron chi connectivity index (χ2n) is 8.34. The fourth-order valence-corrected chi connectivity index (χ4v) is 8.90. The molecule has 3 nitrogen and oxygen atoms in total. The van der Waals surface area contributed by atoms with Crippen molar-refractivity contribution in [3.05, 3.63) is 0 Å². The van der Waals surface area contributed by atoms with Crippen LogP contribution in [0.5, 0.6) is 0 Å². The topological polar surface area (TPSA) is 9.72 Å². The molecule has 0 heterocycles. The van der Waals surface area contributed by atoms with E-state index in [9.17, 15) is 0 Å². The average Bonchev–Trinajstić information content (AvgIpc) is 2.23. The number of halogens is 1. The Morgan fingerprint density at radius 1 is 0.435 bits per heavy atom. The van der Waals surface area contributed by atoms with Crippen molar-refractivity contribution in [3.8, 4) is 0 Å². The van der Waals surface area contributed by atoms with E-state index >= 15 is 4.11 Å². The molecular weight excluding hydrogens is 305 g/mol. The van der Waals surface area contributed by atoms with Crippen molar-refractivity contribution < 1.29 is 4.11 Å². The first-order valence-electron chi connectivity index (χ1n) is 9.34. The molecule has 0 aromatic rings. The summed E-state index contributed by atoms with van der Waals surface area (Å²) in [7, 11) is -3.52. The highest BCUT2D eigenvalue weighted by molar-refractivity contribution is 6.65. The van der Waals surface area contributed by atoms with E-state index in [4.69, 9.17) is 0 Å². The van der Waals surface area contributed by atoms with Crippen LogP contribution in [0.15, 0.2) is 0 Å². The second kappa shape index (κ2) is 8.93. The Bertz CT molecular complexity index is 269. The zero-order valence-corrected chi connectivity index (χ0v) is 18.7. The number of rotatable bonds is 9. The van der Waals surface area contributed by atoms with Gasteiger partial charge in [-0.1, -0.05) is 83.1 Å². The first-order valence-corrected chi connectivity index (χ1v) is 11.1. The van der Waals surface area contributed by atoms with Crippen LogP contribution in [-0.2, 0) is 0 Å². The summed E-state index contributed by atoms with van der Waals surface area (Å²) in [4.78, 5) is 0. The molecular formula is C18H42FN3Si. The summed E-state index contributed by atoms with van der Waals surface area (Å²) in [6.07, 6.45) is 0. The first kappa shape index (κ1) is 23.0. The van der Waals surface area contributed by atoms with Gasteiger partial charge in [-0.2, -0.15) is 0 Å². The molecule has 0 saturated carbocycles. The van der Waals surface area contributed by atoms with Gasteiger partial charge in [-0.05, 0) is 0 Å². The molecule has 0 rings (SSSR count). The molecule has 5 heteroatoms. The van der Waals surface area contributed by atoms with Crippen molar-refractivity contribution in [2.24, 2.45) is 0 Å². The second-order valence-corrected chi connectivity index (χ2v) is 11.0. The highest BCUT2D eigenvalue weighted by Gasteiger charge is 2.58. The zero-order valence-electron chi connectivity index (χ0n) is 17.7. The normalized spacial score (nSPS) is 14.3.